The van der Waals surface area contributed by atoms with Crippen molar-refractivity contribution in [2.75, 3.05) is 26.5 Å². The van der Waals surface area contributed by atoms with Crippen LogP contribution < -0.4 is 0 Å². The molecule has 0 aliphatic carbocycles. The molecule has 0 bridgehead atoms. The van der Waals surface area contributed by atoms with Gasteiger partial charge in [-0.1, -0.05) is 12.1 Å². The largest absolute Gasteiger partial charge is 0.465 e. The predicted molar refractivity (Wildman–Crippen MR) is 86.7 cm³/mol. The van der Waals surface area contributed by atoms with E-state index in [9.17, 15) is 18.0 Å². The summed E-state index contributed by atoms with van der Waals surface area (Å²) in [6.45, 7) is 0.797. The molecule has 7 nitrogen and oxygen atoms in total. The molecular weight excluding hydrogens is 334 g/mol. The Kier molecular flexibility index (Phi) is 5.95. The van der Waals surface area contributed by atoms with Gasteiger partial charge < -0.3 is 9.47 Å². The number of esters is 2. The third-order valence-corrected chi connectivity index (χ3v) is 5.32. The van der Waals surface area contributed by atoms with E-state index >= 15 is 0 Å². The minimum Gasteiger partial charge on any atom is -0.465 e. The highest BCUT2D eigenvalue weighted by molar-refractivity contribution is 7.88. The van der Waals surface area contributed by atoms with Crippen LogP contribution in [0, 0.1) is 5.92 Å². The van der Waals surface area contributed by atoms with E-state index in [0.717, 1.165) is 5.56 Å². The number of hydrogen-bond acceptors (Lipinski definition) is 6. The number of hydrogen-bond donors (Lipinski definition) is 0. The first-order valence-corrected chi connectivity index (χ1v) is 9.45. The fourth-order valence-electron chi connectivity index (χ4n) is 2.55. The SMILES string of the molecule is COC(=O)c1ccc(COC(=O)C2CCN(S(C)(=O)=O)CC2)cc1. The molecule has 1 aromatic carbocycles. The first kappa shape index (κ1) is 18.4. The number of sulfonamides is 1. The zero-order chi connectivity index (χ0) is 17.7. The lowest BCUT2D eigenvalue weighted by atomic mass is 9.98. The van der Waals surface area contributed by atoms with Crippen molar-refractivity contribution < 1.29 is 27.5 Å². The molecule has 2 rings (SSSR count). The highest BCUT2D eigenvalue weighted by atomic mass is 32.2. The summed E-state index contributed by atoms with van der Waals surface area (Å²) in [6, 6.07) is 6.62. The number of benzene rings is 1. The lowest BCUT2D eigenvalue weighted by molar-refractivity contribution is -0.151. The summed E-state index contributed by atoms with van der Waals surface area (Å²) < 4.78 is 34.2. The molecule has 1 aliphatic heterocycles. The van der Waals surface area contributed by atoms with Gasteiger partial charge >= 0.3 is 11.9 Å². The van der Waals surface area contributed by atoms with Gasteiger partial charge in [0.2, 0.25) is 10.0 Å². The van der Waals surface area contributed by atoms with Crippen LogP contribution in [-0.4, -0.2) is 51.1 Å². The Morgan fingerprint density at radius 2 is 1.75 bits per heavy atom. The second-order valence-corrected chi connectivity index (χ2v) is 7.71. The molecule has 0 unspecified atom stereocenters. The maximum Gasteiger partial charge on any atom is 0.337 e. The Hall–Kier alpha value is -1.93. The molecule has 1 aromatic rings. The first-order chi connectivity index (χ1) is 11.3. The summed E-state index contributed by atoms with van der Waals surface area (Å²) in [4.78, 5) is 23.4. The maximum atomic E-state index is 12.1. The minimum absolute atomic E-state index is 0.118. The molecule has 0 aromatic heterocycles. The first-order valence-electron chi connectivity index (χ1n) is 7.60. The zero-order valence-corrected chi connectivity index (χ0v) is 14.5. The van der Waals surface area contributed by atoms with E-state index < -0.39 is 16.0 Å². The van der Waals surface area contributed by atoms with Gasteiger partial charge in [-0.25, -0.2) is 17.5 Å². The highest BCUT2D eigenvalue weighted by Crippen LogP contribution is 2.21. The monoisotopic (exact) mass is 355 g/mol. The van der Waals surface area contributed by atoms with Crippen LogP contribution in [0.4, 0.5) is 0 Å². The lowest BCUT2D eigenvalue weighted by Gasteiger charge is -2.28. The summed E-state index contributed by atoms with van der Waals surface area (Å²) in [5.74, 6) is -1.02. The Labute approximate surface area is 141 Å². The van der Waals surface area contributed by atoms with Gasteiger partial charge in [-0.2, -0.15) is 0 Å². The average Bonchev–Trinajstić information content (AvgIpc) is 2.58. The van der Waals surface area contributed by atoms with Gasteiger partial charge in [0, 0.05) is 13.1 Å². The summed E-state index contributed by atoms with van der Waals surface area (Å²) in [7, 11) is -1.89. The van der Waals surface area contributed by atoms with Gasteiger partial charge in [0.1, 0.15) is 6.61 Å². The average molecular weight is 355 g/mol. The van der Waals surface area contributed by atoms with Crippen LogP contribution in [0.3, 0.4) is 0 Å². The highest BCUT2D eigenvalue weighted by Gasteiger charge is 2.29. The van der Waals surface area contributed by atoms with Crippen molar-refractivity contribution >= 4 is 22.0 Å². The van der Waals surface area contributed by atoms with E-state index in [0.29, 0.717) is 31.5 Å². The van der Waals surface area contributed by atoms with Crippen LogP contribution in [0.25, 0.3) is 0 Å². The molecule has 0 radical (unpaired) electrons. The number of rotatable bonds is 5. The Bertz CT molecular complexity index is 690. The topological polar surface area (TPSA) is 90.0 Å². The molecule has 1 fully saturated rings. The fraction of sp³-hybridized carbons (Fsp3) is 0.500. The van der Waals surface area contributed by atoms with Gasteiger partial charge in [0.25, 0.3) is 0 Å². The molecule has 0 N–H and O–H groups in total. The van der Waals surface area contributed by atoms with Crippen LogP contribution >= 0.6 is 0 Å². The van der Waals surface area contributed by atoms with Crippen LogP contribution in [0.1, 0.15) is 28.8 Å². The van der Waals surface area contributed by atoms with E-state index in [1.54, 1.807) is 24.3 Å². The number of carbonyl (C=O) groups excluding carboxylic acids is 2. The van der Waals surface area contributed by atoms with Crippen molar-refractivity contribution in [2.45, 2.75) is 19.4 Å². The Morgan fingerprint density at radius 3 is 2.25 bits per heavy atom. The van der Waals surface area contributed by atoms with Gasteiger partial charge in [-0.15, -0.1) is 0 Å². The maximum absolute atomic E-state index is 12.1. The molecule has 0 spiro atoms. The summed E-state index contributed by atoms with van der Waals surface area (Å²) in [5.41, 5.74) is 1.20. The fourth-order valence-corrected chi connectivity index (χ4v) is 3.42. The smallest absolute Gasteiger partial charge is 0.337 e. The summed E-state index contributed by atoms with van der Waals surface area (Å²) in [5, 5.41) is 0. The van der Waals surface area contributed by atoms with Gasteiger partial charge in [0.05, 0.1) is 24.8 Å². The second kappa shape index (κ2) is 7.76. The molecule has 0 saturated carbocycles. The molecule has 0 atom stereocenters. The van der Waals surface area contributed by atoms with E-state index in [-0.39, 0.29) is 18.5 Å². The number of ether oxygens (including phenoxy) is 2. The van der Waals surface area contributed by atoms with E-state index in [1.165, 1.54) is 17.7 Å². The third-order valence-electron chi connectivity index (χ3n) is 4.01. The van der Waals surface area contributed by atoms with Crippen LogP contribution in [0.2, 0.25) is 0 Å². The van der Waals surface area contributed by atoms with Gasteiger partial charge in [0.15, 0.2) is 0 Å². The number of methoxy groups -OCH3 is 1. The molecule has 8 heteroatoms. The van der Waals surface area contributed by atoms with E-state index in [4.69, 9.17) is 4.74 Å². The lowest BCUT2D eigenvalue weighted by Crippen LogP contribution is -2.40. The molecule has 24 heavy (non-hydrogen) atoms. The standard InChI is InChI=1S/C16H21NO6S/c1-22-15(18)13-5-3-12(4-6-13)11-23-16(19)14-7-9-17(10-8-14)24(2,20)21/h3-6,14H,7-11H2,1-2H3. The van der Waals surface area contributed by atoms with Crippen molar-refractivity contribution in [3.8, 4) is 0 Å². The van der Waals surface area contributed by atoms with E-state index in [2.05, 4.69) is 4.74 Å². The number of carbonyl (C=O) groups is 2. The molecule has 1 heterocycles. The van der Waals surface area contributed by atoms with Crippen LogP contribution in [0.15, 0.2) is 24.3 Å². The van der Waals surface area contributed by atoms with E-state index in [1.807, 2.05) is 0 Å². The molecular formula is C16H21NO6S. The Morgan fingerprint density at radius 1 is 1.17 bits per heavy atom. The number of nitrogens with zero attached hydrogens (tertiary/aromatic N) is 1. The quantitative estimate of drug-likeness (QED) is 0.737. The second-order valence-electron chi connectivity index (χ2n) is 5.73. The summed E-state index contributed by atoms with van der Waals surface area (Å²) >= 11 is 0. The third kappa shape index (κ3) is 4.78. The molecule has 132 valence electrons. The summed E-state index contributed by atoms with van der Waals surface area (Å²) in [6.07, 6.45) is 2.10. The Balaban J connectivity index is 1.82. The van der Waals surface area contributed by atoms with Crippen molar-refractivity contribution in [1.29, 1.82) is 0 Å². The molecule has 1 aliphatic rings. The molecule has 1 saturated heterocycles. The number of piperidine rings is 1. The van der Waals surface area contributed by atoms with Crippen molar-refractivity contribution in [1.82, 2.24) is 4.31 Å². The molecule has 0 amide bonds. The van der Waals surface area contributed by atoms with Crippen molar-refractivity contribution in [3.05, 3.63) is 35.4 Å². The van der Waals surface area contributed by atoms with Crippen molar-refractivity contribution in [3.63, 3.8) is 0 Å². The zero-order valence-electron chi connectivity index (χ0n) is 13.7. The van der Waals surface area contributed by atoms with Crippen LogP contribution in [-0.2, 0) is 30.9 Å². The predicted octanol–water partition coefficient (Wildman–Crippen LogP) is 1.19. The van der Waals surface area contributed by atoms with Crippen molar-refractivity contribution in [2.24, 2.45) is 5.92 Å². The van der Waals surface area contributed by atoms with Crippen LogP contribution in [0.5, 0.6) is 0 Å². The van der Waals surface area contributed by atoms with Gasteiger partial charge in [-0.3, -0.25) is 4.79 Å². The normalized spacial score (nSPS) is 16.6. The van der Waals surface area contributed by atoms with Gasteiger partial charge in [-0.05, 0) is 30.5 Å². The minimum atomic E-state index is -3.20.